The van der Waals surface area contributed by atoms with Crippen molar-refractivity contribution in [1.29, 1.82) is 0 Å². The minimum atomic E-state index is -0.789. The molecule has 2 rings (SSSR count). The summed E-state index contributed by atoms with van der Waals surface area (Å²) >= 11 is 0. The maximum Gasteiger partial charge on any atom is 0.256 e. The van der Waals surface area contributed by atoms with Gasteiger partial charge in [0.1, 0.15) is 18.0 Å². The first-order valence-electron chi connectivity index (χ1n) is 12.3. The molecule has 0 aromatic heterocycles. The number of amides is 1. The summed E-state index contributed by atoms with van der Waals surface area (Å²) in [5, 5.41) is 3.04. The number of nitrogens with one attached hydrogen (secondary N) is 1. The standard InChI is InChI=1S/C26H44N2O3/c1-6-8-9-14-26(5,31-16-7-2)25(29)27-23-10-12-24(13-11-23)30-17-15-28-19-21(3)18-22(4)20-28/h10-13,21-22H,6-9,14-20H2,1-5H3,(H,27,29)/t21-,22-,26+/m1/s1. The fourth-order valence-electron chi connectivity index (χ4n) is 4.46. The Bertz CT molecular complexity index is 639. The van der Waals surface area contributed by atoms with Gasteiger partial charge in [-0.3, -0.25) is 9.69 Å². The van der Waals surface area contributed by atoms with Crippen LogP contribution in [-0.4, -0.2) is 49.3 Å². The lowest BCUT2D eigenvalue weighted by Crippen LogP contribution is -2.43. The SMILES string of the molecule is CCCCC[C@](C)(OCCC)C(=O)Nc1ccc(OCCN2C[C@H](C)C[C@@H](C)C2)cc1. The van der Waals surface area contributed by atoms with Gasteiger partial charge >= 0.3 is 0 Å². The first-order chi connectivity index (χ1) is 14.9. The second kappa shape index (κ2) is 13.1. The van der Waals surface area contributed by atoms with Crippen LogP contribution >= 0.6 is 0 Å². The molecule has 1 amide bonds. The molecule has 0 saturated carbocycles. The van der Waals surface area contributed by atoms with E-state index in [9.17, 15) is 4.79 Å². The van der Waals surface area contributed by atoms with E-state index in [0.717, 1.165) is 75.0 Å². The first-order valence-corrected chi connectivity index (χ1v) is 12.3. The molecule has 0 bridgehead atoms. The van der Waals surface area contributed by atoms with E-state index in [1.807, 2.05) is 31.2 Å². The maximum atomic E-state index is 12.9. The third kappa shape index (κ3) is 8.82. The second-order valence-electron chi connectivity index (χ2n) is 9.57. The number of hydrogen-bond donors (Lipinski definition) is 1. The fourth-order valence-corrected chi connectivity index (χ4v) is 4.46. The molecular weight excluding hydrogens is 388 g/mol. The van der Waals surface area contributed by atoms with Gasteiger partial charge in [-0.1, -0.05) is 47.0 Å². The number of piperidine rings is 1. The van der Waals surface area contributed by atoms with Gasteiger partial charge in [0, 0.05) is 31.9 Å². The quantitative estimate of drug-likeness (QED) is 0.403. The molecule has 3 atom stereocenters. The largest absolute Gasteiger partial charge is 0.492 e. The van der Waals surface area contributed by atoms with Gasteiger partial charge in [0.25, 0.3) is 5.91 Å². The van der Waals surface area contributed by atoms with Crippen molar-refractivity contribution in [3.8, 4) is 5.75 Å². The molecule has 176 valence electrons. The lowest BCUT2D eigenvalue weighted by molar-refractivity contribution is -0.140. The number of rotatable bonds is 13. The third-order valence-corrected chi connectivity index (χ3v) is 6.10. The van der Waals surface area contributed by atoms with Gasteiger partial charge in [-0.25, -0.2) is 0 Å². The zero-order chi connectivity index (χ0) is 22.7. The van der Waals surface area contributed by atoms with E-state index in [-0.39, 0.29) is 5.91 Å². The van der Waals surface area contributed by atoms with Crippen molar-refractivity contribution in [2.75, 3.05) is 38.2 Å². The Kier molecular flexibility index (Phi) is 10.8. The number of anilines is 1. The molecule has 31 heavy (non-hydrogen) atoms. The Morgan fingerprint density at radius 1 is 1.06 bits per heavy atom. The van der Waals surface area contributed by atoms with Crippen LogP contribution in [0.5, 0.6) is 5.75 Å². The van der Waals surface area contributed by atoms with Crippen LogP contribution in [0.4, 0.5) is 5.69 Å². The Morgan fingerprint density at radius 3 is 2.35 bits per heavy atom. The number of carbonyl (C=O) groups excluding carboxylic acids is 1. The number of nitrogens with zero attached hydrogens (tertiary/aromatic N) is 1. The molecular formula is C26H44N2O3. The third-order valence-electron chi connectivity index (χ3n) is 6.10. The minimum absolute atomic E-state index is 0.0703. The van der Waals surface area contributed by atoms with E-state index in [1.165, 1.54) is 6.42 Å². The first kappa shape index (κ1) is 25.7. The number of unbranched alkanes of at least 4 members (excludes halogenated alkanes) is 2. The molecule has 5 nitrogen and oxygen atoms in total. The van der Waals surface area contributed by atoms with Crippen LogP contribution in [0.3, 0.4) is 0 Å². The van der Waals surface area contributed by atoms with Crippen molar-refractivity contribution in [1.82, 2.24) is 4.90 Å². The summed E-state index contributed by atoms with van der Waals surface area (Å²) in [5.41, 5.74) is -0.0128. The molecule has 1 saturated heterocycles. The summed E-state index contributed by atoms with van der Waals surface area (Å²) in [6.07, 6.45) is 6.19. The van der Waals surface area contributed by atoms with E-state index in [1.54, 1.807) is 0 Å². The highest BCUT2D eigenvalue weighted by molar-refractivity contribution is 5.97. The van der Waals surface area contributed by atoms with E-state index in [2.05, 4.69) is 37.9 Å². The van der Waals surface area contributed by atoms with Gasteiger partial charge in [-0.05, 0) is 62.3 Å². The Balaban J connectivity index is 1.83. The van der Waals surface area contributed by atoms with Gasteiger partial charge in [0.05, 0.1) is 0 Å². The highest BCUT2D eigenvalue weighted by Gasteiger charge is 2.33. The van der Waals surface area contributed by atoms with Crippen LogP contribution in [0.25, 0.3) is 0 Å². The van der Waals surface area contributed by atoms with Gasteiger partial charge in [0.2, 0.25) is 0 Å². The molecule has 1 aromatic carbocycles. The molecule has 1 aliphatic rings. The van der Waals surface area contributed by atoms with Crippen molar-refractivity contribution >= 4 is 11.6 Å². The van der Waals surface area contributed by atoms with Crippen molar-refractivity contribution in [2.24, 2.45) is 11.8 Å². The lowest BCUT2D eigenvalue weighted by Gasteiger charge is -2.34. The van der Waals surface area contributed by atoms with E-state index in [4.69, 9.17) is 9.47 Å². The van der Waals surface area contributed by atoms with E-state index < -0.39 is 5.60 Å². The topological polar surface area (TPSA) is 50.8 Å². The summed E-state index contributed by atoms with van der Waals surface area (Å²) in [4.78, 5) is 15.4. The predicted molar refractivity (Wildman–Crippen MR) is 129 cm³/mol. The average Bonchev–Trinajstić information content (AvgIpc) is 2.73. The predicted octanol–water partition coefficient (Wildman–Crippen LogP) is 5.75. The van der Waals surface area contributed by atoms with Crippen LogP contribution in [0.2, 0.25) is 0 Å². The van der Waals surface area contributed by atoms with Crippen molar-refractivity contribution < 1.29 is 14.3 Å². The van der Waals surface area contributed by atoms with E-state index >= 15 is 0 Å². The summed E-state index contributed by atoms with van der Waals surface area (Å²) in [5.74, 6) is 2.30. The molecule has 1 aliphatic heterocycles. The number of benzene rings is 1. The maximum absolute atomic E-state index is 12.9. The fraction of sp³-hybridized carbons (Fsp3) is 0.731. The molecule has 1 heterocycles. The van der Waals surface area contributed by atoms with Crippen molar-refractivity contribution in [3.63, 3.8) is 0 Å². The smallest absolute Gasteiger partial charge is 0.256 e. The molecule has 0 unspecified atom stereocenters. The molecule has 0 aliphatic carbocycles. The van der Waals surface area contributed by atoms with Crippen molar-refractivity contribution in [2.45, 2.75) is 78.7 Å². The molecule has 1 aromatic rings. The zero-order valence-electron chi connectivity index (χ0n) is 20.4. The van der Waals surface area contributed by atoms with Gasteiger partial charge < -0.3 is 14.8 Å². The lowest BCUT2D eigenvalue weighted by atomic mass is 9.92. The highest BCUT2D eigenvalue weighted by atomic mass is 16.5. The molecule has 0 spiro atoms. The van der Waals surface area contributed by atoms with E-state index in [0.29, 0.717) is 13.2 Å². The van der Waals surface area contributed by atoms with Crippen LogP contribution in [0.1, 0.15) is 73.1 Å². The molecule has 1 fully saturated rings. The Morgan fingerprint density at radius 2 is 1.74 bits per heavy atom. The molecule has 0 radical (unpaired) electrons. The summed E-state index contributed by atoms with van der Waals surface area (Å²) in [6.45, 7) is 15.4. The molecule has 1 N–H and O–H groups in total. The normalized spacial score (nSPS) is 21.5. The number of ether oxygens (including phenoxy) is 2. The summed E-state index contributed by atoms with van der Waals surface area (Å²) in [7, 11) is 0. The van der Waals surface area contributed by atoms with Gasteiger partial charge in [0.15, 0.2) is 0 Å². The minimum Gasteiger partial charge on any atom is -0.492 e. The van der Waals surface area contributed by atoms with Crippen LogP contribution in [-0.2, 0) is 9.53 Å². The van der Waals surface area contributed by atoms with Crippen molar-refractivity contribution in [3.05, 3.63) is 24.3 Å². The van der Waals surface area contributed by atoms with Crippen LogP contribution in [0, 0.1) is 11.8 Å². The number of likely N-dealkylation sites (tertiary alicyclic amines) is 1. The van der Waals surface area contributed by atoms with Crippen LogP contribution < -0.4 is 10.1 Å². The number of hydrogen-bond acceptors (Lipinski definition) is 4. The Labute approximate surface area is 189 Å². The van der Waals surface area contributed by atoms with Gasteiger partial charge in [-0.2, -0.15) is 0 Å². The number of carbonyl (C=O) groups is 1. The van der Waals surface area contributed by atoms with Gasteiger partial charge in [-0.15, -0.1) is 0 Å². The Hall–Kier alpha value is -1.59. The average molecular weight is 433 g/mol. The summed E-state index contributed by atoms with van der Waals surface area (Å²) in [6, 6.07) is 7.67. The highest BCUT2D eigenvalue weighted by Crippen LogP contribution is 2.24. The summed E-state index contributed by atoms with van der Waals surface area (Å²) < 4.78 is 11.9. The second-order valence-corrected chi connectivity index (χ2v) is 9.57. The zero-order valence-corrected chi connectivity index (χ0v) is 20.4. The van der Waals surface area contributed by atoms with Crippen LogP contribution in [0.15, 0.2) is 24.3 Å². The monoisotopic (exact) mass is 432 g/mol. The molecule has 5 heteroatoms.